The lowest BCUT2D eigenvalue weighted by atomic mass is 9.97. The quantitative estimate of drug-likeness (QED) is 0.169. The normalized spacial score (nSPS) is 17.9. The summed E-state index contributed by atoms with van der Waals surface area (Å²) >= 11 is 0. The van der Waals surface area contributed by atoms with Crippen molar-refractivity contribution in [2.45, 2.75) is 82.7 Å². The molecule has 1 fully saturated rings. The molecular formula is C40H44N8O6. The molecular weight excluding hydrogens is 688 g/mol. The molecule has 14 nitrogen and oxygen atoms in total. The molecule has 8 bridgehead atoms. The SMILES string of the molecule is O=C1NCCC/C=C\Cc2cccc(c2)-n2cc(O)c(=O)c1n2.O=C1NCCCCCc2ccc3ccn(c3n2)C2(CCCC2)Cn2cc(O)c(=O)c1n2. The van der Waals surface area contributed by atoms with Gasteiger partial charge in [-0.1, -0.05) is 43.5 Å². The zero-order valence-electron chi connectivity index (χ0n) is 30.0. The second-order valence-electron chi connectivity index (χ2n) is 14.2. The van der Waals surface area contributed by atoms with Gasteiger partial charge in [-0.2, -0.15) is 10.2 Å². The molecule has 4 aromatic heterocycles. The van der Waals surface area contributed by atoms with Crippen molar-refractivity contribution in [2.24, 2.45) is 0 Å². The van der Waals surface area contributed by atoms with E-state index in [9.17, 15) is 29.4 Å². The number of amides is 2. The number of fused-ring (bicyclic) bond motifs is 9. The van der Waals surface area contributed by atoms with E-state index >= 15 is 0 Å². The first kappa shape index (κ1) is 36.3. The lowest BCUT2D eigenvalue weighted by Gasteiger charge is -2.32. The van der Waals surface area contributed by atoms with E-state index in [0.717, 1.165) is 92.9 Å². The number of hydrogen-bond acceptors (Lipinski definition) is 9. The summed E-state index contributed by atoms with van der Waals surface area (Å²) < 4.78 is 5.16. The van der Waals surface area contributed by atoms with E-state index in [0.29, 0.717) is 25.3 Å². The predicted molar refractivity (Wildman–Crippen MR) is 202 cm³/mol. The van der Waals surface area contributed by atoms with Crippen molar-refractivity contribution < 1.29 is 19.8 Å². The number of pyridine rings is 1. The summed E-state index contributed by atoms with van der Waals surface area (Å²) in [5.41, 5.74) is 1.50. The number of aryl methyl sites for hydroxylation is 1. The highest BCUT2D eigenvalue weighted by Gasteiger charge is 2.38. The van der Waals surface area contributed by atoms with Crippen LogP contribution in [0.15, 0.2) is 82.8 Å². The number of carbonyl (C=O) groups excluding carboxylic acids is 2. The van der Waals surface area contributed by atoms with Crippen LogP contribution in [0.3, 0.4) is 0 Å². The van der Waals surface area contributed by atoms with Crippen molar-refractivity contribution in [1.82, 2.24) is 39.7 Å². The summed E-state index contributed by atoms with van der Waals surface area (Å²) in [6.07, 6.45) is 18.9. The van der Waals surface area contributed by atoms with Crippen molar-refractivity contribution >= 4 is 22.8 Å². The molecule has 1 aliphatic carbocycles. The van der Waals surface area contributed by atoms with E-state index in [1.165, 1.54) is 17.1 Å². The number of aromatic hydroxyl groups is 2. The topological polar surface area (TPSA) is 186 Å². The van der Waals surface area contributed by atoms with Crippen LogP contribution in [0.5, 0.6) is 11.5 Å². The van der Waals surface area contributed by atoms with E-state index in [2.05, 4.69) is 61.9 Å². The lowest BCUT2D eigenvalue weighted by Crippen LogP contribution is -2.38. The van der Waals surface area contributed by atoms with E-state index in [4.69, 9.17) is 4.98 Å². The Morgan fingerprint density at radius 3 is 2.28 bits per heavy atom. The second-order valence-corrected chi connectivity index (χ2v) is 14.2. The van der Waals surface area contributed by atoms with Crippen LogP contribution in [-0.2, 0) is 24.9 Å². The number of rotatable bonds is 0. The predicted octanol–water partition coefficient (Wildman–Crippen LogP) is 4.28. The number of nitrogens with one attached hydrogen (secondary N) is 2. The number of allylic oxidation sites excluding steroid dienone is 2. The number of benzene rings is 1. The largest absolute Gasteiger partial charge is 0.503 e. The van der Waals surface area contributed by atoms with Crippen molar-refractivity contribution in [1.29, 1.82) is 0 Å². The third-order valence-electron chi connectivity index (χ3n) is 10.3. The average Bonchev–Trinajstić information content (AvgIpc) is 3.82. The fraction of sp³-hybridized carbons (Fsp3) is 0.375. The smallest absolute Gasteiger partial charge is 0.275 e. The van der Waals surface area contributed by atoms with Crippen molar-refractivity contribution in [2.75, 3.05) is 13.1 Å². The van der Waals surface area contributed by atoms with Gasteiger partial charge in [0.15, 0.2) is 22.9 Å². The van der Waals surface area contributed by atoms with Crippen LogP contribution >= 0.6 is 0 Å². The van der Waals surface area contributed by atoms with Gasteiger partial charge in [-0.3, -0.25) is 23.9 Å². The maximum absolute atomic E-state index is 12.6. The van der Waals surface area contributed by atoms with Crippen LogP contribution in [0.1, 0.15) is 90.0 Å². The monoisotopic (exact) mass is 732 g/mol. The number of nitrogens with zero attached hydrogens (tertiary/aromatic N) is 6. The zero-order valence-corrected chi connectivity index (χ0v) is 30.0. The molecule has 0 unspecified atom stereocenters. The van der Waals surface area contributed by atoms with Crippen molar-refractivity contribution in [3.63, 3.8) is 0 Å². The minimum absolute atomic E-state index is 0.252. The van der Waals surface area contributed by atoms with Gasteiger partial charge in [0.25, 0.3) is 22.7 Å². The maximum atomic E-state index is 12.6. The third kappa shape index (κ3) is 7.82. The van der Waals surface area contributed by atoms with Gasteiger partial charge < -0.3 is 25.4 Å². The number of carbonyl (C=O) groups is 2. The van der Waals surface area contributed by atoms with Gasteiger partial charge >= 0.3 is 0 Å². The molecule has 2 amide bonds. The zero-order chi connectivity index (χ0) is 37.7. The molecule has 280 valence electrons. The molecule has 6 heterocycles. The van der Waals surface area contributed by atoms with E-state index in [-0.39, 0.29) is 16.9 Å². The van der Waals surface area contributed by atoms with Crippen LogP contribution in [0.2, 0.25) is 0 Å². The molecule has 0 radical (unpaired) electrons. The molecule has 1 saturated carbocycles. The van der Waals surface area contributed by atoms with Gasteiger partial charge in [-0.15, -0.1) is 0 Å². The van der Waals surface area contributed by atoms with Crippen LogP contribution < -0.4 is 21.5 Å². The summed E-state index contributed by atoms with van der Waals surface area (Å²) in [4.78, 5) is 54.1. The Balaban J connectivity index is 0.000000175. The minimum Gasteiger partial charge on any atom is -0.503 e. The summed E-state index contributed by atoms with van der Waals surface area (Å²) in [6.45, 7) is 1.37. The van der Waals surface area contributed by atoms with Crippen molar-refractivity contribution in [3.05, 3.63) is 116 Å². The summed E-state index contributed by atoms with van der Waals surface area (Å²) in [6, 6.07) is 13.9. The van der Waals surface area contributed by atoms with Crippen LogP contribution in [0.4, 0.5) is 0 Å². The first-order valence-corrected chi connectivity index (χ1v) is 18.6. The van der Waals surface area contributed by atoms with E-state index < -0.39 is 34.2 Å². The lowest BCUT2D eigenvalue weighted by molar-refractivity contribution is 0.0935. The summed E-state index contributed by atoms with van der Waals surface area (Å²) in [5, 5.41) is 35.0. The standard InChI is InChI=1S/C23H27N5O3.C17H17N3O3/c29-18-14-27-15-23(10-3-4-11-23)28-13-9-16-7-8-17(25-21(16)28)6-2-1-5-12-24-22(31)19(26-27)20(18)30;21-14-11-20-13-8-5-7-12(10-13)6-3-1-2-4-9-18-17(23)15(19-20)16(14)22/h7-9,13-14,29H,1-6,10-12,15H2,(H,24,31);1,3,5,7-8,10-11,21H,2,4,6,9H2,(H,18,23)/b;3-1-. The third-order valence-corrected chi connectivity index (χ3v) is 10.3. The molecule has 54 heavy (non-hydrogen) atoms. The average molecular weight is 733 g/mol. The highest BCUT2D eigenvalue weighted by atomic mass is 16.3. The van der Waals surface area contributed by atoms with Crippen LogP contribution in [0, 0.1) is 0 Å². The molecule has 3 aliphatic rings. The molecule has 0 saturated heterocycles. The Morgan fingerprint density at radius 2 is 1.48 bits per heavy atom. The Hall–Kier alpha value is -6.05. The molecule has 0 atom stereocenters. The fourth-order valence-electron chi connectivity index (χ4n) is 7.45. The fourth-order valence-corrected chi connectivity index (χ4v) is 7.45. The molecule has 4 N–H and O–H groups in total. The summed E-state index contributed by atoms with van der Waals surface area (Å²) in [5.74, 6) is -2.05. The van der Waals surface area contributed by atoms with E-state index in [1.54, 1.807) is 10.7 Å². The van der Waals surface area contributed by atoms with Crippen molar-refractivity contribution in [3.8, 4) is 17.2 Å². The van der Waals surface area contributed by atoms with Gasteiger partial charge in [-0.05, 0) is 87.3 Å². The van der Waals surface area contributed by atoms with E-state index in [1.807, 2.05) is 18.2 Å². The Labute approximate surface area is 311 Å². The van der Waals surface area contributed by atoms with Crippen LogP contribution in [-0.4, -0.2) is 64.2 Å². The molecule has 8 rings (SSSR count). The van der Waals surface area contributed by atoms with Crippen LogP contribution in [0.25, 0.3) is 16.7 Å². The first-order chi connectivity index (χ1) is 26.2. The Bertz CT molecular complexity index is 2340. The van der Waals surface area contributed by atoms with Gasteiger partial charge in [0.1, 0.15) is 5.65 Å². The molecule has 2 aliphatic heterocycles. The highest BCUT2D eigenvalue weighted by Crippen LogP contribution is 2.40. The maximum Gasteiger partial charge on any atom is 0.275 e. The highest BCUT2D eigenvalue weighted by molar-refractivity contribution is 5.92. The Kier molecular flexibility index (Phi) is 10.7. The van der Waals surface area contributed by atoms with Gasteiger partial charge in [-0.25, -0.2) is 9.67 Å². The van der Waals surface area contributed by atoms with Gasteiger partial charge in [0.05, 0.1) is 30.2 Å². The number of hydrogen-bond donors (Lipinski definition) is 4. The molecule has 14 heteroatoms. The molecule has 5 aromatic rings. The van der Waals surface area contributed by atoms with Gasteiger partial charge in [0.2, 0.25) is 0 Å². The second kappa shape index (κ2) is 15.9. The Morgan fingerprint density at radius 1 is 0.741 bits per heavy atom. The molecule has 1 spiro atoms. The number of aromatic nitrogens is 6. The molecule has 1 aromatic carbocycles. The minimum atomic E-state index is -0.762. The summed E-state index contributed by atoms with van der Waals surface area (Å²) in [7, 11) is 0. The first-order valence-electron chi connectivity index (χ1n) is 18.6. The van der Waals surface area contributed by atoms with Gasteiger partial charge in [0, 0.05) is 30.4 Å².